The van der Waals surface area contributed by atoms with Crippen LogP contribution in [0.1, 0.15) is 43.4 Å². The molecule has 0 spiro atoms. The number of rotatable bonds is 4. The topological polar surface area (TPSA) is 49.5 Å². The minimum absolute atomic E-state index is 0.132. The van der Waals surface area contributed by atoms with Gasteiger partial charge in [0.05, 0.1) is 5.60 Å². The molecule has 0 aliphatic carbocycles. The molecular formula is C16H25FN2O. The van der Waals surface area contributed by atoms with E-state index in [4.69, 9.17) is 5.73 Å². The van der Waals surface area contributed by atoms with E-state index in [0.29, 0.717) is 5.56 Å². The monoisotopic (exact) mass is 280 g/mol. The quantitative estimate of drug-likeness (QED) is 0.890. The number of aliphatic hydroxyl groups is 1. The SMILES string of the molecule is Cc1ccc(C(N)CCN2CCC(C)(O)CC2)cc1F. The molecule has 2 rings (SSSR count). The molecule has 0 radical (unpaired) electrons. The van der Waals surface area contributed by atoms with Gasteiger partial charge in [-0.15, -0.1) is 0 Å². The number of aryl methyl sites for hydroxylation is 1. The Morgan fingerprint density at radius 2 is 2.05 bits per heavy atom. The zero-order valence-electron chi connectivity index (χ0n) is 12.4. The molecule has 1 aromatic carbocycles. The molecule has 1 saturated heterocycles. The van der Waals surface area contributed by atoms with Gasteiger partial charge in [0.2, 0.25) is 0 Å². The maximum atomic E-state index is 13.5. The average Bonchev–Trinajstić information content (AvgIpc) is 2.40. The van der Waals surface area contributed by atoms with E-state index >= 15 is 0 Å². The highest BCUT2D eigenvalue weighted by molar-refractivity contribution is 5.25. The van der Waals surface area contributed by atoms with E-state index in [2.05, 4.69) is 4.90 Å². The van der Waals surface area contributed by atoms with Gasteiger partial charge in [-0.2, -0.15) is 0 Å². The lowest BCUT2D eigenvalue weighted by Crippen LogP contribution is -2.43. The van der Waals surface area contributed by atoms with Crippen LogP contribution in [0.15, 0.2) is 18.2 Å². The summed E-state index contributed by atoms with van der Waals surface area (Å²) in [5, 5.41) is 9.91. The van der Waals surface area contributed by atoms with Gasteiger partial charge < -0.3 is 15.7 Å². The summed E-state index contributed by atoms with van der Waals surface area (Å²) in [7, 11) is 0. The van der Waals surface area contributed by atoms with Crippen LogP contribution in [0.25, 0.3) is 0 Å². The van der Waals surface area contributed by atoms with Crippen LogP contribution in [0, 0.1) is 12.7 Å². The highest BCUT2D eigenvalue weighted by Gasteiger charge is 2.27. The lowest BCUT2D eigenvalue weighted by atomic mass is 9.93. The normalized spacial score (nSPS) is 20.9. The van der Waals surface area contributed by atoms with Crippen LogP contribution in [0.2, 0.25) is 0 Å². The molecule has 1 heterocycles. The maximum Gasteiger partial charge on any atom is 0.126 e. The molecule has 20 heavy (non-hydrogen) atoms. The molecule has 0 amide bonds. The van der Waals surface area contributed by atoms with Gasteiger partial charge in [-0.25, -0.2) is 4.39 Å². The first-order chi connectivity index (χ1) is 9.37. The summed E-state index contributed by atoms with van der Waals surface area (Å²) in [5.74, 6) is -0.188. The molecule has 1 aromatic rings. The lowest BCUT2D eigenvalue weighted by Gasteiger charge is -2.36. The Morgan fingerprint density at radius 1 is 1.40 bits per heavy atom. The third-order valence-corrected chi connectivity index (χ3v) is 4.31. The highest BCUT2D eigenvalue weighted by atomic mass is 19.1. The van der Waals surface area contributed by atoms with Crippen LogP contribution in [-0.2, 0) is 0 Å². The van der Waals surface area contributed by atoms with Gasteiger partial charge in [-0.05, 0) is 56.8 Å². The molecule has 0 saturated carbocycles. The van der Waals surface area contributed by atoms with Crippen molar-refractivity contribution in [3.05, 3.63) is 35.1 Å². The minimum Gasteiger partial charge on any atom is -0.390 e. The number of likely N-dealkylation sites (tertiary alicyclic amines) is 1. The van der Waals surface area contributed by atoms with Gasteiger partial charge in [-0.3, -0.25) is 0 Å². The van der Waals surface area contributed by atoms with Crippen molar-refractivity contribution < 1.29 is 9.50 Å². The Bertz CT molecular complexity index is 452. The molecule has 1 atom stereocenters. The first kappa shape index (κ1) is 15.4. The largest absolute Gasteiger partial charge is 0.390 e. The standard InChI is InChI=1S/C16H25FN2O/c1-12-3-4-13(11-14(12)17)15(18)5-8-19-9-6-16(2,20)7-10-19/h3-4,11,15,20H,5-10,18H2,1-2H3. The molecule has 1 aliphatic heterocycles. The highest BCUT2D eigenvalue weighted by Crippen LogP contribution is 2.23. The van der Waals surface area contributed by atoms with Crippen LogP contribution in [0.5, 0.6) is 0 Å². The molecule has 1 fully saturated rings. The molecular weight excluding hydrogens is 255 g/mol. The number of hydrogen-bond donors (Lipinski definition) is 2. The Hall–Kier alpha value is -0.970. The summed E-state index contributed by atoms with van der Waals surface area (Å²) < 4.78 is 13.5. The third-order valence-electron chi connectivity index (χ3n) is 4.31. The van der Waals surface area contributed by atoms with Crippen LogP contribution in [-0.4, -0.2) is 35.2 Å². The van der Waals surface area contributed by atoms with Crippen molar-refractivity contribution in [2.45, 2.75) is 44.8 Å². The number of halogens is 1. The van der Waals surface area contributed by atoms with E-state index in [1.807, 2.05) is 13.0 Å². The zero-order chi connectivity index (χ0) is 14.8. The summed E-state index contributed by atoms with van der Waals surface area (Å²) in [4.78, 5) is 2.32. The molecule has 3 nitrogen and oxygen atoms in total. The van der Waals surface area contributed by atoms with Crippen molar-refractivity contribution in [1.29, 1.82) is 0 Å². The first-order valence-electron chi connectivity index (χ1n) is 7.34. The number of nitrogens with zero attached hydrogens (tertiary/aromatic N) is 1. The van der Waals surface area contributed by atoms with Crippen molar-refractivity contribution in [3.8, 4) is 0 Å². The van der Waals surface area contributed by atoms with Crippen LogP contribution < -0.4 is 5.73 Å². The van der Waals surface area contributed by atoms with E-state index in [9.17, 15) is 9.50 Å². The molecule has 0 aromatic heterocycles. The van der Waals surface area contributed by atoms with Crippen molar-refractivity contribution >= 4 is 0 Å². The first-order valence-corrected chi connectivity index (χ1v) is 7.34. The fourth-order valence-corrected chi connectivity index (χ4v) is 2.59. The van der Waals surface area contributed by atoms with Crippen LogP contribution in [0.4, 0.5) is 4.39 Å². The van der Waals surface area contributed by atoms with E-state index < -0.39 is 5.60 Å². The van der Waals surface area contributed by atoms with Crippen molar-refractivity contribution in [1.82, 2.24) is 4.90 Å². The average molecular weight is 280 g/mol. The number of benzene rings is 1. The number of nitrogens with two attached hydrogens (primary N) is 1. The van der Waals surface area contributed by atoms with Crippen LogP contribution >= 0.6 is 0 Å². The molecule has 1 aliphatic rings. The smallest absolute Gasteiger partial charge is 0.126 e. The number of hydrogen-bond acceptors (Lipinski definition) is 3. The summed E-state index contributed by atoms with van der Waals surface area (Å²) >= 11 is 0. The third kappa shape index (κ3) is 4.01. The molecule has 112 valence electrons. The molecule has 1 unspecified atom stereocenters. The fourth-order valence-electron chi connectivity index (χ4n) is 2.59. The Kier molecular flexibility index (Phi) is 4.78. The summed E-state index contributed by atoms with van der Waals surface area (Å²) in [5.41, 5.74) is 7.14. The van der Waals surface area contributed by atoms with Crippen molar-refractivity contribution in [2.75, 3.05) is 19.6 Å². The minimum atomic E-state index is -0.515. The van der Waals surface area contributed by atoms with Gasteiger partial charge in [0.1, 0.15) is 5.82 Å². The summed E-state index contributed by atoms with van der Waals surface area (Å²) in [6.45, 7) is 6.35. The van der Waals surface area contributed by atoms with Gasteiger partial charge in [0.25, 0.3) is 0 Å². The Morgan fingerprint density at radius 3 is 2.65 bits per heavy atom. The van der Waals surface area contributed by atoms with E-state index in [0.717, 1.165) is 44.5 Å². The van der Waals surface area contributed by atoms with Gasteiger partial charge in [0.15, 0.2) is 0 Å². The maximum absolute atomic E-state index is 13.5. The second kappa shape index (κ2) is 6.20. The number of piperidine rings is 1. The van der Waals surface area contributed by atoms with Crippen LogP contribution in [0.3, 0.4) is 0 Å². The Labute approximate surface area is 120 Å². The molecule has 0 bridgehead atoms. The van der Waals surface area contributed by atoms with E-state index in [1.54, 1.807) is 19.1 Å². The van der Waals surface area contributed by atoms with Crippen molar-refractivity contribution in [2.24, 2.45) is 5.73 Å². The predicted molar refractivity (Wildman–Crippen MR) is 79.0 cm³/mol. The van der Waals surface area contributed by atoms with E-state index in [-0.39, 0.29) is 11.9 Å². The lowest BCUT2D eigenvalue weighted by molar-refractivity contribution is -0.00576. The second-order valence-corrected chi connectivity index (χ2v) is 6.24. The summed E-state index contributed by atoms with van der Waals surface area (Å²) in [6, 6.07) is 5.10. The van der Waals surface area contributed by atoms with Gasteiger partial charge in [0, 0.05) is 19.1 Å². The second-order valence-electron chi connectivity index (χ2n) is 6.24. The van der Waals surface area contributed by atoms with Gasteiger partial charge in [-0.1, -0.05) is 12.1 Å². The fraction of sp³-hybridized carbons (Fsp3) is 0.625. The molecule has 3 N–H and O–H groups in total. The molecule has 4 heteroatoms. The summed E-state index contributed by atoms with van der Waals surface area (Å²) in [6.07, 6.45) is 2.42. The zero-order valence-corrected chi connectivity index (χ0v) is 12.4. The van der Waals surface area contributed by atoms with Gasteiger partial charge >= 0.3 is 0 Å². The Balaban J connectivity index is 1.83. The predicted octanol–water partition coefficient (Wildman–Crippen LogP) is 2.37. The van der Waals surface area contributed by atoms with Crippen molar-refractivity contribution in [3.63, 3.8) is 0 Å². The van der Waals surface area contributed by atoms with E-state index in [1.165, 1.54) is 0 Å².